The van der Waals surface area contributed by atoms with Crippen molar-refractivity contribution in [2.45, 2.75) is 219 Å². The molecule has 3 unspecified atom stereocenters. The molecule has 0 radical (unpaired) electrons. The Morgan fingerprint density at radius 1 is 0.533 bits per heavy atom. The van der Waals surface area contributed by atoms with Gasteiger partial charge in [0.2, 0.25) is 5.91 Å². The number of carboxylic acid groups (broad SMARTS) is 1. The van der Waals surface area contributed by atoms with Crippen LogP contribution in [-0.2, 0) is 32.7 Å². The standard InChI is InChI=1S/C48H86NO10P/c1-3-5-7-9-11-13-15-17-18-19-20-21-22-23-24-25-26-28-30-32-34-36-38-40-47(52)57-41-44(50)42-58-60(55,56)59-43-45(48(53)54)49-46(51)39-37-35-33-31-29-27-16-14-12-10-8-6-4-2/h11,13-14,16-18,20-21,44-45,50H,3-10,12,15,19,22-43H2,1-2H3,(H,49,51)(H,53,54)(H,55,56)/b13-11-,16-14-,18-17-,21-20-. The molecule has 0 saturated heterocycles. The Labute approximate surface area is 364 Å². The van der Waals surface area contributed by atoms with E-state index in [1.165, 1.54) is 89.9 Å². The van der Waals surface area contributed by atoms with Crippen LogP contribution in [0.15, 0.2) is 48.6 Å². The van der Waals surface area contributed by atoms with Crippen LogP contribution in [0.4, 0.5) is 0 Å². The minimum atomic E-state index is -4.76. The molecule has 3 atom stereocenters. The normalized spacial score (nSPS) is 14.1. The van der Waals surface area contributed by atoms with E-state index in [1.807, 2.05) is 0 Å². The minimum absolute atomic E-state index is 0.135. The molecule has 11 nitrogen and oxygen atoms in total. The number of rotatable bonds is 44. The van der Waals surface area contributed by atoms with E-state index in [-0.39, 0.29) is 12.8 Å². The van der Waals surface area contributed by atoms with Crippen molar-refractivity contribution in [3.8, 4) is 0 Å². The number of allylic oxidation sites excluding steroid dienone is 8. The molecule has 4 N–H and O–H groups in total. The molecule has 0 aromatic carbocycles. The topological polar surface area (TPSA) is 169 Å². The van der Waals surface area contributed by atoms with Crippen molar-refractivity contribution < 1.29 is 47.8 Å². The Kier molecular flexibility index (Phi) is 41.3. The molecule has 0 rings (SSSR count). The number of nitrogens with one attached hydrogen (secondary N) is 1. The Balaban J connectivity index is 3.84. The Hall–Kier alpha value is -2.56. The number of carboxylic acids is 1. The summed E-state index contributed by atoms with van der Waals surface area (Å²) in [7, 11) is -4.76. The second kappa shape index (κ2) is 43.1. The number of hydrogen-bond acceptors (Lipinski definition) is 8. The van der Waals surface area contributed by atoms with E-state index >= 15 is 0 Å². The summed E-state index contributed by atoms with van der Waals surface area (Å²) in [6, 6.07) is -1.55. The number of hydrogen-bond donors (Lipinski definition) is 4. The van der Waals surface area contributed by atoms with Crippen molar-refractivity contribution in [1.82, 2.24) is 5.32 Å². The van der Waals surface area contributed by atoms with Gasteiger partial charge in [-0.1, -0.05) is 165 Å². The molecule has 0 aliphatic heterocycles. The third-order valence-electron chi connectivity index (χ3n) is 10.1. The summed E-state index contributed by atoms with van der Waals surface area (Å²) in [4.78, 5) is 45.9. The lowest BCUT2D eigenvalue weighted by Gasteiger charge is -2.18. The van der Waals surface area contributed by atoms with Gasteiger partial charge in [0.25, 0.3) is 0 Å². The van der Waals surface area contributed by atoms with Crippen molar-refractivity contribution in [3.05, 3.63) is 48.6 Å². The van der Waals surface area contributed by atoms with Gasteiger partial charge in [0.05, 0.1) is 13.2 Å². The molecule has 0 aliphatic rings. The quantitative estimate of drug-likeness (QED) is 0.0200. The molecule has 348 valence electrons. The number of phosphoric acid groups is 1. The van der Waals surface area contributed by atoms with Crippen LogP contribution in [0, 0.1) is 0 Å². The van der Waals surface area contributed by atoms with Crippen LogP contribution in [0.3, 0.4) is 0 Å². The first-order chi connectivity index (χ1) is 29.1. The van der Waals surface area contributed by atoms with Crippen molar-refractivity contribution >= 4 is 25.7 Å². The van der Waals surface area contributed by atoms with Crippen LogP contribution < -0.4 is 5.32 Å². The number of aliphatic hydroxyl groups excluding tert-OH is 1. The number of aliphatic carboxylic acids is 1. The zero-order valence-corrected chi connectivity index (χ0v) is 38.6. The maximum atomic E-state index is 12.3. The summed E-state index contributed by atoms with van der Waals surface area (Å²) in [5.41, 5.74) is 0. The molecule has 0 aromatic heterocycles. The average Bonchev–Trinajstić information content (AvgIpc) is 3.22. The molecule has 0 bridgehead atoms. The number of ether oxygens (including phenoxy) is 1. The lowest BCUT2D eigenvalue weighted by molar-refractivity contribution is -0.147. The van der Waals surface area contributed by atoms with Gasteiger partial charge in [-0.3, -0.25) is 18.6 Å². The van der Waals surface area contributed by atoms with Crippen LogP contribution in [-0.4, -0.2) is 64.9 Å². The highest BCUT2D eigenvalue weighted by molar-refractivity contribution is 7.47. The summed E-state index contributed by atoms with van der Waals surface area (Å²) < 4.78 is 26.9. The highest BCUT2D eigenvalue weighted by Gasteiger charge is 2.28. The van der Waals surface area contributed by atoms with Gasteiger partial charge < -0.3 is 25.2 Å². The zero-order valence-electron chi connectivity index (χ0n) is 37.8. The zero-order chi connectivity index (χ0) is 44.2. The Bertz CT molecular complexity index is 1200. The summed E-state index contributed by atoms with van der Waals surface area (Å²) in [6.07, 6.45) is 48.5. The van der Waals surface area contributed by atoms with E-state index in [4.69, 9.17) is 13.8 Å². The summed E-state index contributed by atoms with van der Waals surface area (Å²) in [6.45, 7) is 2.54. The fourth-order valence-electron chi connectivity index (χ4n) is 6.38. The van der Waals surface area contributed by atoms with Crippen molar-refractivity contribution in [2.24, 2.45) is 0 Å². The number of esters is 1. The molecule has 0 spiro atoms. The minimum Gasteiger partial charge on any atom is -0.480 e. The van der Waals surface area contributed by atoms with Crippen molar-refractivity contribution in [3.63, 3.8) is 0 Å². The fourth-order valence-corrected chi connectivity index (χ4v) is 7.15. The van der Waals surface area contributed by atoms with Crippen LogP contribution >= 0.6 is 7.82 Å². The van der Waals surface area contributed by atoms with E-state index < -0.39 is 57.6 Å². The predicted octanol–water partition coefficient (Wildman–Crippen LogP) is 12.6. The van der Waals surface area contributed by atoms with Crippen LogP contribution in [0.5, 0.6) is 0 Å². The van der Waals surface area contributed by atoms with Gasteiger partial charge in [-0.05, 0) is 77.0 Å². The highest BCUT2D eigenvalue weighted by atomic mass is 31.2. The maximum absolute atomic E-state index is 12.3. The number of phosphoric ester groups is 1. The van der Waals surface area contributed by atoms with E-state index in [0.717, 1.165) is 77.0 Å². The number of carbonyl (C=O) groups is 3. The number of amides is 1. The fraction of sp³-hybridized carbons (Fsp3) is 0.771. The smallest absolute Gasteiger partial charge is 0.472 e. The first-order valence-corrected chi connectivity index (χ1v) is 25.2. The third kappa shape index (κ3) is 42.1. The summed E-state index contributed by atoms with van der Waals surface area (Å²) >= 11 is 0. The Morgan fingerprint density at radius 2 is 0.917 bits per heavy atom. The van der Waals surface area contributed by atoms with Gasteiger partial charge in [0.1, 0.15) is 12.7 Å². The second-order valence-electron chi connectivity index (χ2n) is 15.9. The monoisotopic (exact) mass is 868 g/mol. The van der Waals surface area contributed by atoms with Crippen LogP contribution in [0.1, 0.15) is 206 Å². The number of unbranched alkanes of at least 4 members (excludes halogenated alkanes) is 22. The van der Waals surface area contributed by atoms with Crippen molar-refractivity contribution in [1.29, 1.82) is 0 Å². The Morgan fingerprint density at radius 3 is 1.42 bits per heavy atom. The maximum Gasteiger partial charge on any atom is 0.472 e. The SMILES string of the molecule is CCCCC/C=C\C/C=C\C/C=C\CCCCCCCCCCCCC(=O)OCC(O)COP(=O)(O)OCC(NC(=O)CCCCCCC/C=C\CCCCCC)C(=O)O. The first kappa shape index (κ1) is 57.4. The van der Waals surface area contributed by atoms with E-state index in [0.29, 0.717) is 12.8 Å². The molecule has 0 heterocycles. The second-order valence-corrected chi connectivity index (χ2v) is 17.4. The van der Waals surface area contributed by atoms with Crippen LogP contribution in [0.25, 0.3) is 0 Å². The third-order valence-corrected chi connectivity index (χ3v) is 11.0. The van der Waals surface area contributed by atoms with Crippen LogP contribution in [0.2, 0.25) is 0 Å². The van der Waals surface area contributed by atoms with E-state index in [2.05, 4.69) is 67.8 Å². The average molecular weight is 868 g/mol. The molecule has 1 amide bonds. The molecule has 0 fully saturated rings. The lowest BCUT2D eigenvalue weighted by Crippen LogP contribution is -2.43. The first-order valence-electron chi connectivity index (χ1n) is 23.7. The van der Waals surface area contributed by atoms with Gasteiger partial charge in [0.15, 0.2) is 6.04 Å². The lowest BCUT2D eigenvalue weighted by atomic mass is 10.1. The van der Waals surface area contributed by atoms with E-state index in [1.54, 1.807) is 0 Å². The van der Waals surface area contributed by atoms with Gasteiger partial charge in [-0.25, -0.2) is 9.36 Å². The molecule has 60 heavy (non-hydrogen) atoms. The molecule has 0 saturated carbocycles. The molecular weight excluding hydrogens is 781 g/mol. The number of carbonyl (C=O) groups excluding carboxylic acids is 2. The van der Waals surface area contributed by atoms with Gasteiger partial charge in [-0.15, -0.1) is 0 Å². The predicted molar refractivity (Wildman–Crippen MR) is 245 cm³/mol. The molecule has 0 aliphatic carbocycles. The van der Waals surface area contributed by atoms with Gasteiger partial charge >= 0.3 is 19.8 Å². The largest absolute Gasteiger partial charge is 0.480 e. The molecular formula is C48H86NO10P. The molecule has 0 aromatic rings. The molecule has 12 heteroatoms. The number of aliphatic hydroxyl groups is 1. The highest BCUT2D eigenvalue weighted by Crippen LogP contribution is 2.43. The summed E-state index contributed by atoms with van der Waals surface area (Å²) in [5.74, 6) is -2.39. The van der Waals surface area contributed by atoms with Gasteiger partial charge in [0, 0.05) is 12.8 Å². The van der Waals surface area contributed by atoms with E-state index in [9.17, 15) is 34.1 Å². The summed E-state index contributed by atoms with van der Waals surface area (Å²) in [5, 5.41) is 21.8. The van der Waals surface area contributed by atoms with Gasteiger partial charge in [-0.2, -0.15) is 0 Å². The van der Waals surface area contributed by atoms with Crippen molar-refractivity contribution in [2.75, 3.05) is 19.8 Å².